The molecule has 0 amide bonds. The predicted molar refractivity (Wildman–Crippen MR) is 195 cm³/mol. The van der Waals surface area contributed by atoms with E-state index in [9.17, 15) is 0 Å². The summed E-state index contributed by atoms with van der Waals surface area (Å²) in [4.78, 5) is 10.7. The molecule has 0 N–H and O–H groups in total. The zero-order valence-electron chi connectivity index (χ0n) is 24.7. The van der Waals surface area contributed by atoms with Gasteiger partial charge in [-0.1, -0.05) is 127 Å². The van der Waals surface area contributed by atoms with Crippen LogP contribution in [0.4, 0.5) is 0 Å². The highest BCUT2D eigenvalue weighted by molar-refractivity contribution is 7.26. The molecule has 10 aromatic rings. The number of rotatable bonds is 3. The van der Waals surface area contributed by atoms with Gasteiger partial charge in [0.25, 0.3) is 0 Å². The van der Waals surface area contributed by atoms with Crippen molar-refractivity contribution in [2.24, 2.45) is 0 Å². The number of nitrogens with zero attached hydrogens (tertiary/aromatic N) is 3. The molecule has 7 aromatic carbocycles. The maximum Gasteiger partial charge on any atom is 0.235 e. The second-order valence-electron chi connectivity index (χ2n) is 11.8. The van der Waals surface area contributed by atoms with Gasteiger partial charge in [-0.05, 0) is 46.2 Å². The predicted octanol–water partition coefficient (Wildman–Crippen LogP) is 11.6. The van der Waals surface area contributed by atoms with Crippen molar-refractivity contribution in [2.45, 2.75) is 0 Å². The Morgan fingerprint density at radius 2 is 1.24 bits per heavy atom. The Balaban J connectivity index is 1.33. The SMILES string of the molecule is c1ccc(-c2ccc3c4c5ccccc5ccc4n(-c4nc(-c5cccc6c5sc5ccccc56)c5ccccc5n4)c3c2)cc1. The van der Waals surface area contributed by atoms with Crippen molar-refractivity contribution in [3.8, 4) is 28.3 Å². The van der Waals surface area contributed by atoms with E-state index in [-0.39, 0.29) is 0 Å². The molecule has 0 atom stereocenters. The molecule has 0 radical (unpaired) electrons. The zero-order valence-corrected chi connectivity index (χ0v) is 25.5. The summed E-state index contributed by atoms with van der Waals surface area (Å²) < 4.78 is 4.80. The van der Waals surface area contributed by atoms with Crippen LogP contribution in [0.1, 0.15) is 0 Å². The van der Waals surface area contributed by atoms with Crippen LogP contribution in [0.5, 0.6) is 0 Å². The van der Waals surface area contributed by atoms with Gasteiger partial charge in [-0.25, -0.2) is 9.97 Å². The largest absolute Gasteiger partial charge is 0.278 e. The first kappa shape index (κ1) is 25.5. The van der Waals surface area contributed by atoms with Crippen LogP contribution in [0.2, 0.25) is 0 Å². The second-order valence-corrected chi connectivity index (χ2v) is 12.8. The summed E-state index contributed by atoms with van der Waals surface area (Å²) in [5.41, 5.74) is 7.55. The van der Waals surface area contributed by atoms with E-state index in [1.54, 1.807) is 0 Å². The molecule has 0 unspecified atom stereocenters. The van der Waals surface area contributed by atoms with Crippen molar-refractivity contribution in [1.29, 1.82) is 0 Å². The molecule has 0 bridgehead atoms. The van der Waals surface area contributed by atoms with Gasteiger partial charge in [-0.2, -0.15) is 0 Å². The van der Waals surface area contributed by atoms with E-state index >= 15 is 0 Å². The molecule has 0 fully saturated rings. The van der Waals surface area contributed by atoms with E-state index < -0.39 is 0 Å². The third kappa shape index (κ3) is 3.71. The van der Waals surface area contributed by atoms with Gasteiger partial charge in [0, 0.05) is 41.9 Å². The smallest absolute Gasteiger partial charge is 0.235 e. The summed E-state index contributed by atoms with van der Waals surface area (Å²) in [6.45, 7) is 0. The average molecular weight is 604 g/mol. The second kappa shape index (κ2) is 9.83. The molecule has 4 heteroatoms. The molecule has 10 rings (SSSR count). The summed E-state index contributed by atoms with van der Waals surface area (Å²) in [6.07, 6.45) is 0. The van der Waals surface area contributed by atoms with Gasteiger partial charge in [0.1, 0.15) is 0 Å². The molecule has 0 spiro atoms. The van der Waals surface area contributed by atoms with Gasteiger partial charge < -0.3 is 0 Å². The highest BCUT2D eigenvalue weighted by Crippen LogP contribution is 2.42. The maximum absolute atomic E-state index is 5.48. The number of aromatic nitrogens is 3. The normalized spacial score (nSPS) is 11.9. The Kier molecular flexibility index (Phi) is 5.45. The highest BCUT2D eigenvalue weighted by Gasteiger charge is 2.20. The minimum Gasteiger partial charge on any atom is -0.278 e. The Morgan fingerprint density at radius 1 is 0.478 bits per heavy atom. The number of hydrogen-bond acceptors (Lipinski definition) is 3. The van der Waals surface area contributed by atoms with Crippen molar-refractivity contribution >= 4 is 75.0 Å². The van der Waals surface area contributed by atoms with Gasteiger partial charge in [0.2, 0.25) is 5.95 Å². The Hall–Kier alpha value is -5.84. The van der Waals surface area contributed by atoms with Crippen LogP contribution in [0, 0.1) is 0 Å². The summed E-state index contributed by atoms with van der Waals surface area (Å²) in [6, 6.07) is 54.1. The van der Waals surface area contributed by atoms with Crippen molar-refractivity contribution in [2.75, 3.05) is 0 Å². The van der Waals surface area contributed by atoms with Gasteiger partial charge in [-0.15, -0.1) is 11.3 Å². The van der Waals surface area contributed by atoms with Crippen LogP contribution in [0.3, 0.4) is 0 Å². The lowest BCUT2D eigenvalue weighted by Gasteiger charge is -2.13. The summed E-state index contributed by atoms with van der Waals surface area (Å²) in [5, 5.41) is 8.45. The van der Waals surface area contributed by atoms with E-state index in [2.05, 4.69) is 156 Å². The van der Waals surface area contributed by atoms with Crippen LogP contribution < -0.4 is 0 Å². The topological polar surface area (TPSA) is 30.7 Å². The number of thiophene rings is 1. The van der Waals surface area contributed by atoms with Crippen LogP contribution in [0.15, 0.2) is 152 Å². The first-order valence-corrected chi connectivity index (χ1v) is 16.3. The molecule has 0 aliphatic carbocycles. The fourth-order valence-corrected chi connectivity index (χ4v) is 8.33. The van der Waals surface area contributed by atoms with Crippen molar-refractivity contribution < 1.29 is 0 Å². The molecule has 3 heterocycles. The minimum atomic E-state index is 0.673. The summed E-state index contributed by atoms with van der Waals surface area (Å²) in [5.74, 6) is 0.673. The summed E-state index contributed by atoms with van der Waals surface area (Å²) >= 11 is 1.83. The van der Waals surface area contributed by atoms with Crippen LogP contribution in [-0.2, 0) is 0 Å². The molecule has 46 heavy (non-hydrogen) atoms. The standard InChI is InChI=1S/C42H25N3S/c1-2-11-26(12-3-1)28-21-23-33-37(25-28)45(36-24-22-27-13-4-5-14-29(27)39(33)36)42-43-35-19-8-6-16-32(35)40(44-42)34-18-10-17-31-30-15-7-9-20-38(30)46-41(31)34/h1-25H. The quantitative estimate of drug-likeness (QED) is 0.201. The minimum absolute atomic E-state index is 0.673. The van der Waals surface area contributed by atoms with Gasteiger partial charge >= 0.3 is 0 Å². The van der Waals surface area contributed by atoms with E-state index in [1.165, 1.54) is 47.3 Å². The fraction of sp³-hybridized carbons (Fsp3) is 0. The van der Waals surface area contributed by atoms with Crippen LogP contribution >= 0.6 is 11.3 Å². The number of benzene rings is 7. The Morgan fingerprint density at radius 3 is 2.15 bits per heavy atom. The van der Waals surface area contributed by atoms with Crippen LogP contribution in [0.25, 0.3) is 92.0 Å². The fourth-order valence-electron chi connectivity index (χ4n) is 7.12. The molecule has 0 saturated heterocycles. The lowest BCUT2D eigenvalue weighted by Crippen LogP contribution is -2.03. The molecule has 214 valence electrons. The average Bonchev–Trinajstić information content (AvgIpc) is 3.67. The monoisotopic (exact) mass is 603 g/mol. The first-order chi connectivity index (χ1) is 22.8. The van der Waals surface area contributed by atoms with E-state index in [1.807, 2.05) is 11.3 Å². The molecule has 0 aliphatic heterocycles. The number of hydrogen-bond donors (Lipinski definition) is 0. The number of para-hydroxylation sites is 1. The van der Waals surface area contributed by atoms with E-state index in [0.29, 0.717) is 5.95 Å². The molecule has 0 aliphatic rings. The molecule has 0 saturated carbocycles. The lowest BCUT2D eigenvalue weighted by molar-refractivity contribution is 1.01. The van der Waals surface area contributed by atoms with Crippen molar-refractivity contribution in [1.82, 2.24) is 14.5 Å². The van der Waals surface area contributed by atoms with E-state index in [4.69, 9.17) is 9.97 Å². The third-order valence-electron chi connectivity index (χ3n) is 9.21. The van der Waals surface area contributed by atoms with E-state index in [0.717, 1.165) is 38.8 Å². The molecule has 3 nitrogen and oxygen atoms in total. The van der Waals surface area contributed by atoms with Gasteiger partial charge in [-0.3, -0.25) is 4.57 Å². The lowest BCUT2D eigenvalue weighted by atomic mass is 10.0. The Bertz CT molecular complexity index is 2810. The number of fused-ring (bicyclic) bond motifs is 9. The van der Waals surface area contributed by atoms with Gasteiger partial charge in [0.05, 0.1) is 22.2 Å². The van der Waals surface area contributed by atoms with Crippen molar-refractivity contribution in [3.63, 3.8) is 0 Å². The maximum atomic E-state index is 5.48. The zero-order chi connectivity index (χ0) is 30.2. The highest BCUT2D eigenvalue weighted by atomic mass is 32.1. The molecular weight excluding hydrogens is 579 g/mol. The van der Waals surface area contributed by atoms with Crippen molar-refractivity contribution in [3.05, 3.63) is 152 Å². The molecular formula is C42H25N3S. The molecule has 3 aromatic heterocycles. The third-order valence-corrected chi connectivity index (χ3v) is 10.4. The first-order valence-electron chi connectivity index (χ1n) is 15.5. The van der Waals surface area contributed by atoms with Gasteiger partial charge in [0.15, 0.2) is 0 Å². The Labute approximate surface area is 268 Å². The van der Waals surface area contributed by atoms with Crippen LogP contribution in [-0.4, -0.2) is 14.5 Å². The summed E-state index contributed by atoms with van der Waals surface area (Å²) in [7, 11) is 0.